The molecule has 0 saturated carbocycles. The van der Waals surface area contributed by atoms with Crippen molar-refractivity contribution in [3.8, 4) is 11.4 Å². The Morgan fingerprint density at radius 2 is 1.74 bits per heavy atom. The van der Waals surface area contributed by atoms with Gasteiger partial charge >= 0.3 is 5.97 Å². The molecular formula is C22H18N4O4S. The molecule has 0 aliphatic heterocycles. The summed E-state index contributed by atoms with van der Waals surface area (Å²) in [6, 6.07) is 14.9. The van der Waals surface area contributed by atoms with Gasteiger partial charge in [0.1, 0.15) is 10.4 Å². The highest BCUT2D eigenvalue weighted by atomic mass is 32.2. The van der Waals surface area contributed by atoms with Crippen LogP contribution in [0.4, 0.5) is 5.82 Å². The highest BCUT2D eigenvalue weighted by Crippen LogP contribution is 2.29. The second-order valence-corrected chi connectivity index (χ2v) is 8.34. The number of rotatable bonds is 5. The molecule has 0 amide bonds. The van der Waals surface area contributed by atoms with Crippen molar-refractivity contribution in [2.45, 2.75) is 11.8 Å². The lowest BCUT2D eigenvalue weighted by Gasteiger charge is -2.13. The fourth-order valence-corrected chi connectivity index (χ4v) is 4.40. The second-order valence-electron chi connectivity index (χ2n) is 6.69. The first kappa shape index (κ1) is 20.4. The molecule has 3 heterocycles. The van der Waals surface area contributed by atoms with Crippen molar-refractivity contribution >= 4 is 32.7 Å². The third kappa shape index (κ3) is 3.95. The third-order valence-corrected chi connectivity index (χ3v) is 6.05. The number of carbonyl (C=O) groups is 1. The third-order valence-electron chi connectivity index (χ3n) is 4.65. The molecule has 4 aromatic rings. The average Bonchev–Trinajstić information content (AvgIpc) is 2.78. The lowest BCUT2D eigenvalue weighted by atomic mass is 10.1. The molecule has 0 bridgehead atoms. The molecule has 3 aromatic heterocycles. The van der Waals surface area contributed by atoms with E-state index in [1.54, 1.807) is 30.6 Å². The number of ether oxygens (including phenoxy) is 1. The van der Waals surface area contributed by atoms with E-state index in [1.165, 1.54) is 25.3 Å². The van der Waals surface area contributed by atoms with Gasteiger partial charge in [-0.1, -0.05) is 24.3 Å². The molecule has 4 rings (SSSR count). The van der Waals surface area contributed by atoms with Crippen molar-refractivity contribution in [3.63, 3.8) is 0 Å². The smallest absolute Gasteiger partial charge is 0.339 e. The molecule has 0 aliphatic rings. The Morgan fingerprint density at radius 1 is 1.00 bits per heavy atom. The van der Waals surface area contributed by atoms with E-state index in [2.05, 4.69) is 19.7 Å². The molecule has 1 N–H and O–H groups in total. The van der Waals surface area contributed by atoms with E-state index in [1.807, 2.05) is 25.1 Å². The molecule has 9 heteroatoms. The summed E-state index contributed by atoms with van der Waals surface area (Å²) in [5.74, 6) is -0.715. The zero-order chi connectivity index (χ0) is 22.0. The lowest BCUT2D eigenvalue weighted by Crippen LogP contribution is -2.18. The number of anilines is 1. The molecule has 1 aromatic carbocycles. The van der Waals surface area contributed by atoms with Crippen LogP contribution in [0.5, 0.6) is 0 Å². The first-order valence-electron chi connectivity index (χ1n) is 9.28. The van der Waals surface area contributed by atoms with Crippen LogP contribution >= 0.6 is 0 Å². The molecule has 156 valence electrons. The number of aryl methyl sites for hydroxylation is 1. The van der Waals surface area contributed by atoms with Crippen molar-refractivity contribution < 1.29 is 17.9 Å². The van der Waals surface area contributed by atoms with Crippen LogP contribution in [0.15, 0.2) is 71.9 Å². The predicted octanol–water partition coefficient (Wildman–Crippen LogP) is 3.59. The summed E-state index contributed by atoms with van der Waals surface area (Å²) in [7, 11) is -2.98. The van der Waals surface area contributed by atoms with Gasteiger partial charge in [0.25, 0.3) is 10.0 Å². The number of hydrogen-bond acceptors (Lipinski definition) is 7. The van der Waals surface area contributed by atoms with E-state index in [9.17, 15) is 13.2 Å². The van der Waals surface area contributed by atoms with Gasteiger partial charge in [0.2, 0.25) is 0 Å². The number of sulfonamides is 1. The molecule has 0 unspecified atom stereocenters. The molecule has 0 aliphatic carbocycles. The van der Waals surface area contributed by atoms with Crippen molar-refractivity contribution in [3.05, 3.63) is 78.1 Å². The Morgan fingerprint density at radius 3 is 2.52 bits per heavy atom. The van der Waals surface area contributed by atoms with Crippen LogP contribution in [0.2, 0.25) is 0 Å². The molecular weight excluding hydrogens is 416 g/mol. The minimum absolute atomic E-state index is 0.0396. The Bertz CT molecular complexity index is 1400. The van der Waals surface area contributed by atoms with E-state index in [4.69, 9.17) is 4.74 Å². The van der Waals surface area contributed by atoms with Crippen LogP contribution in [0.25, 0.3) is 22.3 Å². The Hall–Kier alpha value is -3.85. The molecule has 0 spiro atoms. The first-order valence-corrected chi connectivity index (χ1v) is 10.8. The van der Waals surface area contributed by atoms with Crippen molar-refractivity contribution in [2.75, 3.05) is 11.8 Å². The Kier molecular flexibility index (Phi) is 5.35. The van der Waals surface area contributed by atoms with Crippen LogP contribution in [-0.4, -0.2) is 36.4 Å². The van der Waals surface area contributed by atoms with E-state index in [0.717, 1.165) is 5.56 Å². The molecule has 0 saturated heterocycles. The summed E-state index contributed by atoms with van der Waals surface area (Å²) in [6.07, 6.45) is 3.20. The monoisotopic (exact) mass is 434 g/mol. The van der Waals surface area contributed by atoms with Crippen LogP contribution < -0.4 is 4.72 Å². The standard InChI is InChI=1S/C22H18N4O4S/c1-14-7-5-11-23-19(14)17-13-15-8-6-12-24-20(15)21(25-17)26-31(28,29)18-10-4-3-9-16(18)22(27)30-2/h3-13H,1-2H3,(H,25,26). The first-order chi connectivity index (χ1) is 14.9. The summed E-state index contributed by atoms with van der Waals surface area (Å²) >= 11 is 0. The molecule has 0 fully saturated rings. The molecule has 31 heavy (non-hydrogen) atoms. The summed E-state index contributed by atoms with van der Waals surface area (Å²) < 4.78 is 33.6. The van der Waals surface area contributed by atoms with Gasteiger partial charge in [-0.05, 0) is 42.8 Å². The number of pyridine rings is 3. The van der Waals surface area contributed by atoms with E-state index in [0.29, 0.717) is 22.3 Å². The maximum absolute atomic E-state index is 13.2. The second kappa shape index (κ2) is 8.11. The number of carbonyl (C=O) groups excluding carboxylic acids is 1. The van der Waals surface area contributed by atoms with Crippen LogP contribution in [0.1, 0.15) is 15.9 Å². The van der Waals surface area contributed by atoms with Gasteiger partial charge < -0.3 is 4.74 Å². The minimum Gasteiger partial charge on any atom is -0.465 e. The van der Waals surface area contributed by atoms with Crippen LogP contribution in [0, 0.1) is 6.92 Å². The highest BCUT2D eigenvalue weighted by molar-refractivity contribution is 7.92. The van der Waals surface area contributed by atoms with Crippen LogP contribution in [0.3, 0.4) is 0 Å². The summed E-state index contributed by atoms with van der Waals surface area (Å²) in [5.41, 5.74) is 2.31. The molecule has 0 radical (unpaired) electrons. The average molecular weight is 434 g/mol. The Labute approximate surface area is 179 Å². The van der Waals surface area contributed by atoms with Crippen LogP contribution in [-0.2, 0) is 14.8 Å². The number of fused-ring (bicyclic) bond motifs is 1. The topological polar surface area (TPSA) is 111 Å². The van der Waals surface area contributed by atoms with E-state index < -0.39 is 16.0 Å². The van der Waals surface area contributed by atoms with E-state index in [-0.39, 0.29) is 16.3 Å². The molecule has 8 nitrogen and oxygen atoms in total. The number of nitrogens with zero attached hydrogens (tertiary/aromatic N) is 3. The van der Waals surface area contributed by atoms with Gasteiger partial charge in [-0.2, -0.15) is 0 Å². The number of methoxy groups -OCH3 is 1. The SMILES string of the molecule is COC(=O)c1ccccc1S(=O)(=O)Nc1nc(-c2ncccc2C)cc2cccnc12. The van der Waals surface area contributed by atoms with Gasteiger partial charge in [0.05, 0.1) is 24.1 Å². The number of benzene rings is 1. The quantitative estimate of drug-likeness (QED) is 0.478. The normalized spacial score (nSPS) is 11.3. The van der Waals surface area contributed by atoms with Gasteiger partial charge in [0, 0.05) is 17.8 Å². The summed E-state index contributed by atoms with van der Waals surface area (Å²) in [5, 5.41) is 0.691. The van der Waals surface area contributed by atoms with Gasteiger partial charge in [-0.25, -0.2) is 18.2 Å². The van der Waals surface area contributed by atoms with E-state index >= 15 is 0 Å². The van der Waals surface area contributed by atoms with Crippen molar-refractivity contribution in [2.24, 2.45) is 0 Å². The van der Waals surface area contributed by atoms with Gasteiger partial charge in [-0.3, -0.25) is 14.7 Å². The Balaban J connectivity index is 1.87. The number of aromatic nitrogens is 3. The zero-order valence-corrected chi connectivity index (χ0v) is 17.6. The zero-order valence-electron chi connectivity index (χ0n) is 16.7. The fraction of sp³-hybridized carbons (Fsp3) is 0.0909. The maximum Gasteiger partial charge on any atom is 0.339 e. The van der Waals surface area contributed by atoms with Crippen molar-refractivity contribution in [1.82, 2.24) is 15.0 Å². The van der Waals surface area contributed by atoms with Gasteiger partial charge in [-0.15, -0.1) is 0 Å². The fourth-order valence-electron chi connectivity index (χ4n) is 3.19. The highest BCUT2D eigenvalue weighted by Gasteiger charge is 2.24. The summed E-state index contributed by atoms with van der Waals surface area (Å²) in [6.45, 7) is 1.90. The largest absolute Gasteiger partial charge is 0.465 e. The summed E-state index contributed by atoms with van der Waals surface area (Å²) in [4.78, 5) is 25.0. The number of esters is 1. The molecule has 0 atom stereocenters. The maximum atomic E-state index is 13.2. The predicted molar refractivity (Wildman–Crippen MR) is 116 cm³/mol. The van der Waals surface area contributed by atoms with Crippen molar-refractivity contribution in [1.29, 1.82) is 0 Å². The minimum atomic E-state index is -4.17. The van der Waals surface area contributed by atoms with Gasteiger partial charge in [0.15, 0.2) is 5.82 Å². The number of nitrogens with one attached hydrogen (secondary N) is 1. The number of hydrogen-bond donors (Lipinski definition) is 1. The lowest BCUT2D eigenvalue weighted by molar-refractivity contribution is 0.0596.